The minimum atomic E-state index is -0.551. The van der Waals surface area contributed by atoms with E-state index in [9.17, 15) is 5.11 Å². The quantitative estimate of drug-likeness (QED) is 0.635. The molecule has 2 rings (SSSR count). The Labute approximate surface area is 81.9 Å². The van der Waals surface area contributed by atoms with Crippen LogP contribution in [0.4, 0.5) is 0 Å². The van der Waals surface area contributed by atoms with Crippen LogP contribution in [0.2, 0.25) is 0 Å². The first-order valence-corrected chi connectivity index (χ1v) is 4.57. The van der Waals surface area contributed by atoms with Crippen LogP contribution in [0.3, 0.4) is 0 Å². The van der Waals surface area contributed by atoms with E-state index in [2.05, 4.69) is 0 Å². The Balaban J connectivity index is 2.42. The molecule has 1 unspecified atom stereocenters. The van der Waals surface area contributed by atoms with Gasteiger partial charge in [0.2, 0.25) is 0 Å². The predicted octanol–water partition coefficient (Wildman–Crippen LogP) is 0.319. The predicted molar refractivity (Wildman–Crippen MR) is 51.3 cm³/mol. The summed E-state index contributed by atoms with van der Waals surface area (Å²) >= 11 is 0. The Morgan fingerprint density at radius 1 is 1.50 bits per heavy atom. The lowest BCUT2D eigenvalue weighted by Gasteiger charge is -2.12. The maximum Gasteiger partial charge on any atom is 0.123 e. The molecular formula is C10H13NO3. The largest absolute Gasteiger partial charge is 0.508 e. The molecule has 1 aliphatic rings. The second-order valence-electron chi connectivity index (χ2n) is 3.41. The van der Waals surface area contributed by atoms with Crippen molar-refractivity contribution >= 4 is 0 Å². The van der Waals surface area contributed by atoms with Crippen LogP contribution >= 0.6 is 0 Å². The van der Waals surface area contributed by atoms with E-state index >= 15 is 0 Å². The number of ether oxygens (including phenoxy) is 1. The monoisotopic (exact) mass is 195 g/mol. The molecule has 1 aromatic carbocycles. The number of aliphatic hydroxyl groups is 1. The zero-order valence-corrected chi connectivity index (χ0v) is 7.73. The number of aromatic hydroxyl groups is 1. The molecule has 1 aliphatic heterocycles. The first kappa shape index (κ1) is 9.30. The number of hydrogen-bond acceptors (Lipinski definition) is 4. The van der Waals surface area contributed by atoms with Crippen molar-refractivity contribution in [2.24, 2.45) is 5.73 Å². The highest BCUT2D eigenvalue weighted by atomic mass is 16.5. The normalized spacial score (nSPS) is 16.1. The minimum absolute atomic E-state index is 0.135. The summed E-state index contributed by atoms with van der Waals surface area (Å²) in [6.07, 6.45) is 0.817. The molecular weight excluding hydrogens is 182 g/mol. The third kappa shape index (κ3) is 1.42. The first-order valence-electron chi connectivity index (χ1n) is 4.57. The van der Waals surface area contributed by atoms with Crippen molar-refractivity contribution in [2.75, 3.05) is 13.2 Å². The molecule has 0 bridgehead atoms. The fourth-order valence-corrected chi connectivity index (χ4v) is 1.62. The van der Waals surface area contributed by atoms with E-state index in [1.807, 2.05) is 0 Å². The molecule has 0 aliphatic carbocycles. The Bertz CT molecular complexity index is 351. The van der Waals surface area contributed by atoms with Gasteiger partial charge in [0.25, 0.3) is 0 Å². The molecule has 4 nitrogen and oxygen atoms in total. The summed E-state index contributed by atoms with van der Waals surface area (Å²) in [4.78, 5) is 0. The van der Waals surface area contributed by atoms with Crippen molar-refractivity contribution in [1.82, 2.24) is 0 Å². The van der Waals surface area contributed by atoms with Crippen molar-refractivity contribution < 1.29 is 14.9 Å². The standard InChI is InChI=1S/C10H13NO3/c11-8(5-12)7-4-10-6(1-2-14-10)3-9(7)13/h3-4,8,12-13H,1-2,5,11H2. The van der Waals surface area contributed by atoms with Gasteiger partial charge in [-0.25, -0.2) is 0 Å². The summed E-state index contributed by atoms with van der Waals surface area (Å²) < 4.78 is 5.34. The summed E-state index contributed by atoms with van der Waals surface area (Å²) in [6, 6.07) is 2.82. The van der Waals surface area contributed by atoms with Gasteiger partial charge < -0.3 is 20.7 Å². The van der Waals surface area contributed by atoms with Crippen LogP contribution in [-0.2, 0) is 6.42 Å². The van der Waals surface area contributed by atoms with E-state index in [1.54, 1.807) is 12.1 Å². The van der Waals surface area contributed by atoms with Gasteiger partial charge in [-0.2, -0.15) is 0 Å². The van der Waals surface area contributed by atoms with Gasteiger partial charge in [0.05, 0.1) is 19.3 Å². The molecule has 0 amide bonds. The van der Waals surface area contributed by atoms with Crippen LogP contribution in [0.25, 0.3) is 0 Å². The van der Waals surface area contributed by atoms with Crippen LogP contribution < -0.4 is 10.5 Å². The number of phenolic OH excluding ortho intramolecular Hbond substituents is 1. The zero-order chi connectivity index (χ0) is 10.1. The van der Waals surface area contributed by atoms with E-state index in [1.165, 1.54) is 0 Å². The molecule has 4 N–H and O–H groups in total. The number of benzene rings is 1. The highest BCUT2D eigenvalue weighted by Crippen LogP contribution is 2.34. The molecule has 0 saturated carbocycles. The number of hydrogen-bond donors (Lipinski definition) is 3. The molecule has 0 spiro atoms. The van der Waals surface area contributed by atoms with Crippen LogP contribution in [-0.4, -0.2) is 23.4 Å². The lowest BCUT2D eigenvalue weighted by atomic mass is 10.0. The van der Waals surface area contributed by atoms with Gasteiger partial charge in [0.1, 0.15) is 11.5 Å². The van der Waals surface area contributed by atoms with Gasteiger partial charge in [-0.15, -0.1) is 0 Å². The molecule has 14 heavy (non-hydrogen) atoms. The van der Waals surface area contributed by atoms with E-state index in [-0.39, 0.29) is 12.4 Å². The average molecular weight is 195 g/mol. The van der Waals surface area contributed by atoms with Gasteiger partial charge in [-0.1, -0.05) is 0 Å². The number of aliphatic hydroxyl groups excluding tert-OH is 1. The maximum absolute atomic E-state index is 9.63. The highest BCUT2D eigenvalue weighted by molar-refractivity contribution is 5.48. The van der Waals surface area contributed by atoms with Crippen LogP contribution in [0.15, 0.2) is 12.1 Å². The van der Waals surface area contributed by atoms with Gasteiger partial charge >= 0.3 is 0 Å². The lowest BCUT2D eigenvalue weighted by molar-refractivity contribution is 0.265. The van der Waals surface area contributed by atoms with Gasteiger partial charge in [0.15, 0.2) is 0 Å². The smallest absolute Gasteiger partial charge is 0.123 e. The Kier molecular flexibility index (Phi) is 2.31. The average Bonchev–Trinajstić information content (AvgIpc) is 2.62. The molecule has 0 saturated heterocycles. The van der Waals surface area contributed by atoms with E-state index < -0.39 is 6.04 Å². The Morgan fingerprint density at radius 2 is 2.29 bits per heavy atom. The fraction of sp³-hybridized carbons (Fsp3) is 0.400. The third-order valence-electron chi connectivity index (χ3n) is 2.43. The highest BCUT2D eigenvalue weighted by Gasteiger charge is 2.18. The molecule has 4 heteroatoms. The topological polar surface area (TPSA) is 75.7 Å². The second kappa shape index (κ2) is 3.48. The van der Waals surface area contributed by atoms with Gasteiger partial charge in [0, 0.05) is 17.5 Å². The molecule has 0 aromatic heterocycles. The number of rotatable bonds is 2. The van der Waals surface area contributed by atoms with Gasteiger partial charge in [-0.3, -0.25) is 0 Å². The minimum Gasteiger partial charge on any atom is -0.508 e. The molecule has 1 heterocycles. The van der Waals surface area contributed by atoms with Crippen LogP contribution in [0.5, 0.6) is 11.5 Å². The van der Waals surface area contributed by atoms with Gasteiger partial charge in [-0.05, 0) is 12.1 Å². The summed E-state index contributed by atoms with van der Waals surface area (Å²) in [5.74, 6) is 0.900. The van der Waals surface area contributed by atoms with Crippen molar-refractivity contribution in [1.29, 1.82) is 0 Å². The SMILES string of the molecule is NC(CO)c1cc2c(cc1O)CCO2. The number of fused-ring (bicyclic) bond motifs is 1. The van der Waals surface area contributed by atoms with Crippen molar-refractivity contribution in [2.45, 2.75) is 12.5 Å². The summed E-state index contributed by atoms with van der Waals surface area (Å²) in [5, 5.41) is 18.5. The van der Waals surface area contributed by atoms with Crippen molar-refractivity contribution in [3.63, 3.8) is 0 Å². The zero-order valence-electron chi connectivity index (χ0n) is 7.73. The molecule has 0 radical (unpaired) electrons. The van der Waals surface area contributed by atoms with E-state index in [4.69, 9.17) is 15.6 Å². The second-order valence-corrected chi connectivity index (χ2v) is 3.41. The number of phenols is 1. The number of nitrogens with two attached hydrogens (primary N) is 1. The Hall–Kier alpha value is -1.26. The Morgan fingerprint density at radius 3 is 3.00 bits per heavy atom. The third-order valence-corrected chi connectivity index (χ3v) is 2.43. The van der Waals surface area contributed by atoms with E-state index in [0.29, 0.717) is 12.2 Å². The molecule has 1 aromatic rings. The lowest BCUT2D eigenvalue weighted by Crippen LogP contribution is -2.14. The van der Waals surface area contributed by atoms with Crippen LogP contribution in [0.1, 0.15) is 17.2 Å². The molecule has 0 fully saturated rings. The van der Waals surface area contributed by atoms with Crippen LogP contribution in [0, 0.1) is 0 Å². The summed E-state index contributed by atoms with van der Waals surface area (Å²) in [6.45, 7) is 0.457. The fourth-order valence-electron chi connectivity index (χ4n) is 1.62. The van der Waals surface area contributed by atoms with E-state index in [0.717, 1.165) is 17.7 Å². The first-order chi connectivity index (χ1) is 6.72. The summed E-state index contributed by atoms with van der Waals surface area (Å²) in [7, 11) is 0. The maximum atomic E-state index is 9.63. The van der Waals surface area contributed by atoms with Crippen molar-refractivity contribution in [3.05, 3.63) is 23.3 Å². The van der Waals surface area contributed by atoms with Crippen molar-refractivity contribution in [3.8, 4) is 11.5 Å². The molecule has 76 valence electrons. The molecule has 1 atom stereocenters. The summed E-state index contributed by atoms with van der Waals surface area (Å²) in [5.41, 5.74) is 7.16.